The molecule has 0 aliphatic heterocycles. The summed E-state index contributed by atoms with van der Waals surface area (Å²) in [5.41, 5.74) is 11.3. The normalized spacial score (nSPS) is 9.83. The third-order valence-corrected chi connectivity index (χ3v) is 2.97. The summed E-state index contributed by atoms with van der Waals surface area (Å²) in [5.74, 6) is 0. The zero-order chi connectivity index (χ0) is 13.1. The smallest absolute Gasteiger partial charge is 0.0992 e. The Morgan fingerprint density at radius 2 is 1.83 bits per heavy atom. The highest BCUT2D eigenvalue weighted by Crippen LogP contribution is 2.25. The average molecular weight is 237 g/mol. The van der Waals surface area contributed by atoms with Crippen molar-refractivity contribution in [3.63, 3.8) is 0 Å². The fourth-order valence-corrected chi connectivity index (χ4v) is 1.72. The minimum atomic E-state index is 0.568. The Morgan fingerprint density at radius 3 is 2.44 bits per heavy atom. The largest absolute Gasteiger partial charge is 0.397 e. The Bertz CT molecular complexity index is 624. The average Bonchev–Trinajstić information content (AvgIpc) is 2.36. The number of hydrogen-bond donors (Lipinski definition) is 2. The van der Waals surface area contributed by atoms with Gasteiger partial charge in [-0.1, -0.05) is 6.07 Å². The van der Waals surface area contributed by atoms with Crippen LogP contribution in [0.1, 0.15) is 16.7 Å². The zero-order valence-corrected chi connectivity index (χ0v) is 10.5. The predicted octanol–water partition coefficient (Wildman–Crippen LogP) is 3.50. The molecular formula is C15H15N3. The Hall–Kier alpha value is -2.47. The molecule has 0 saturated carbocycles. The van der Waals surface area contributed by atoms with E-state index in [9.17, 15) is 0 Å². The lowest BCUT2D eigenvalue weighted by Crippen LogP contribution is -1.97. The van der Waals surface area contributed by atoms with E-state index in [1.54, 1.807) is 12.1 Å². The third-order valence-electron chi connectivity index (χ3n) is 2.97. The highest BCUT2D eigenvalue weighted by atomic mass is 14.9. The second kappa shape index (κ2) is 4.80. The Morgan fingerprint density at radius 1 is 1.06 bits per heavy atom. The first-order valence-corrected chi connectivity index (χ1v) is 5.74. The van der Waals surface area contributed by atoms with Crippen molar-refractivity contribution in [2.75, 3.05) is 11.1 Å². The number of nitrogens with two attached hydrogens (primary N) is 1. The van der Waals surface area contributed by atoms with Crippen LogP contribution in [-0.2, 0) is 0 Å². The van der Waals surface area contributed by atoms with Crippen LogP contribution in [-0.4, -0.2) is 0 Å². The summed E-state index contributed by atoms with van der Waals surface area (Å²) in [7, 11) is 0. The Kier molecular flexibility index (Phi) is 3.20. The number of anilines is 3. The van der Waals surface area contributed by atoms with Gasteiger partial charge in [-0.2, -0.15) is 5.26 Å². The van der Waals surface area contributed by atoms with E-state index < -0.39 is 0 Å². The van der Waals surface area contributed by atoms with Gasteiger partial charge in [-0.25, -0.2) is 0 Å². The summed E-state index contributed by atoms with van der Waals surface area (Å²) in [6.07, 6.45) is 0. The lowest BCUT2D eigenvalue weighted by molar-refractivity contribution is 1.34. The summed E-state index contributed by atoms with van der Waals surface area (Å²) in [6.45, 7) is 4.15. The van der Waals surface area contributed by atoms with Gasteiger partial charge in [-0.15, -0.1) is 0 Å². The number of benzene rings is 2. The van der Waals surface area contributed by atoms with Crippen molar-refractivity contribution in [3.05, 3.63) is 53.1 Å². The number of hydrogen-bond acceptors (Lipinski definition) is 3. The lowest BCUT2D eigenvalue weighted by atomic mass is 10.1. The first kappa shape index (κ1) is 12.0. The number of nitriles is 1. The molecule has 0 fully saturated rings. The summed E-state index contributed by atoms with van der Waals surface area (Å²) >= 11 is 0. The monoisotopic (exact) mass is 237 g/mol. The lowest BCUT2D eigenvalue weighted by Gasteiger charge is -2.11. The number of nitrogen functional groups attached to an aromatic ring is 1. The molecule has 2 aromatic rings. The molecule has 0 aromatic heterocycles. The topological polar surface area (TPSA) is 61.8 Å². The second-order valence-electron chi connectivity index (χ2n) is 4.34. The SMILES string of the molecule is Cc1ccc(Nc2ccc(C#N)cc2N)cc1C. The Balaban J connectivity index is 2.29. The van der Waals surface area contributed by atoms with Crippen LogP contribution in [0, 0.1) is 25.2 Å². The molecule has 0 saturated heterocycles. The van der Waals surface area contributed by atoms with Crippen LogP contribution in [0.5, 0.6) is 0 Å². The van der Waals surface area contributed by atoms with Crippen molar-refractivity contribution >= 4 is 17.1 Å². The van der Waals surface area contributed by atoms with E-state index >= 15 is 0 Å². The van der Waals surface area contributed by atoms with Gasteiger partial charge < -0.3 is 11.1 Å². The highest BCUT2D eigenvalue weighted by molar-refractivity contribution is 5.74. The molecular weight excluding hydrogens is 222 g/mol. The van der Waals surface area contributed by atoms with E-state index in [4.69, 9.17) is 11.0 Å². The van der Waals surface area contributed by atoms with E-state index in [2.05, 4.69) is 37.4 Å². The van der Waals surface area contributed by atoms with E-state index in [-0.39, 0.29) is 0 Å². The first-order chi connectivity index (χ1) is 8.60. The van der Waals surface area contributed by atoms with Gasteiger partial charge in [0.05, 0.1) is 23.0 Å². The number of nitrogens with zero attached hydrogens (tertiary/aromatic N) is 1. The van der Waals surface area contributed by atoms with E-state index in [0.717, 1.165) is 11.4 Å². The molecule has 0 spiro atoms. The van der Waals surface area contributed by atoms with Crippen LogP contribution in [0.3, 0.4) is 0 Å². The quantitative estimate of drug-likeness (QED) is 0.786. The standard InChI is InChI=1S/C15H15N3/c1-10-3-5-13(7-11(10)2)18-15-6-4-12(9-16)8-14(15)17/h3-8,18H,17H2,1-2H3. The molecule has 0 atom stereocenters. The fraction of sp³-hybridized carbons (Fsp3) is 0.133. The fourth-order valence-electron chi connectivity index (χ4n) is 1.72. The molecule has 2 rings (SSSR count). The number of rotatable bonds is 2. The molecule has 3 N–H and O–H groups in total. The van der Waals surface area contributed by atoms with Crippen LogP contribution < -0.4 is 11.1 Å². The minimum absolute atomic E-state index is 0.568. The van der Waals surface area contributed by atoms with Gasteiger partial charge in [0.15, 0.2) is 0 Å². The van der Waals surface area contributed by atoms with Crippen molar-refractivity contribution in [1.29, 1.82) is 5.26 Å². The maximum atomic E-state index is 8.78. The van der Waals surface area contributed by atoms with Crippen molar-refractivity contribution in [1.82, 2.24) is 0 Å². The molecule has 0 heterocycles. The van der Waals surface area contributed by atoms with Gasteiger partial charge in [-0.05, 0) is 55.3 Å². The molecule has 3 nitrogen and oxygen atoms in total. The number of aryl methyl sites for hydroxylation is 2. The van der Waals surface area contributed by atoms with Crippen LogP contribution in [0.15, 0.2) is 36.4 Å². The minimum Gasteiger partial charge on any atom is -0.397 e. The van der Waals surface area contributed by atoms with E-state index in [0.29, 0.717) is 11.3 Å². The highest BCUT2D eigenvalue weighted by Gasteiger charge is 2.02. The maximum Gasteiger partial charge on any atom is 0.0992 e. The molecule has 90 valence electrons. The van der Waals surface area contributed by atoms with Gasteiger partial charge in [0.2, 0.25) is 0 Å². The van der Waals surface area contributed by atoms with Gasteiger partial charge in [0.25, 0.3) is 0 Å². The molecule has 0 bridgehead atoms. The van der Waals surface area contributed by atoms with E-state index in [1.165, 1.54) is 11.1 Å². The van der Waals surface area contributed by atoms with Gasteiger partial charge >= 0.3 is 0 Å². The zero-order valence-electron chi connectivity index (χ0n) is 10.5. The van der Waals surface area contributed by atoms with Crippen molar-refractivity contribution in [2.24, 2.45) is 0 Å². The summed E-state index contributed by atoms with van der Waals surface area (Å²) in [5, 5.41) is 12.0. The van der Waals surface area contributed by atoms with Gasteiger partial charge in [-0.3, -0.25) is 0 Å². The predicted molar refractivity (Wildman–Crippen MR) is 74.8 cm³/mol. The molecule has 2 aromatic carbocycles. The second-order valence-corrected chi connectivity index (χ2v) is 4.34. The molecule has 0 radical (unpaired) electrons. The molecule has 0 aliphatic rings. The molecule has 3 heteroatoms. The van der Waals surface area contributed by atoms with Crippen molar-refractivity contribution < 1.29 is 0 Å². The van der Waals surface area contributed by atoms with Gasteiger partial charge in [0.1, 0.15) is 0 Å². The van der Waals surface area contributed by atoms with Crippen molar-refractivity contribution in [2.45, 2.75) is 13.8 Å². The summed E-state index contributed by atoms with van der Waals surface area (Å²) in [4.78, 5) is 0. The van der Waals surface area contributed by atoms with Crippen LogP contribution >= 0.6 is 0 Å². The maximum absolute atomic E-state index is 8.78. The molecule has 0 amide bonds. The third kappa shape index (κ3) is 2.44. The summed E-state index contributed by atoms with van der Waals surface area (Å²) in [6, 6.07) is 13.5. The summed E-state index contributed by atoms with van der Waals surface area (Å²) < 4.78 is 0. The molecule has 18 heavy (non-hydrogen) atoms. The Labute approximate surface area is 107 Å². The van der Waals surface area contributed by atoms with Crippen LogP contribution in [0.2, 0.25) is 0 Å². The molecule has 0 unspecified atom stereocenters. The van der Waals surface area contributed by atoms with Crippen molar-refractivity contribution in [3.8, 4) is 6.07 Å². The number of nitrogens with one attached hydrogen (secondary N) is 1. The van der Waals surface area contributed by atoms with Crippen LogP contribution in [0.25, 0.3) is 0 Å². The molecule has 0 aliphatic carbocycles. The van der Waals surface area contributed by atoms with E-state index in [1.807, 2.05) is 12.1 Å². The first-order valence-electron chi connectivity index (χ1n) is 5.74. The van der Waals surface area contributed by atoms with Gasteiger partial charge in [0, 0.05) is 5.69 Å². The van der Waals surface area contributed by atoms with Crippen LogP contribution in [0.4, 0.5) is 17.1 Å².